The molecule has 0 aliphatic heterocycles. The Morgan fingerprint density at radius 3 is 1.78 bits per heavy atom. The maximum absolute atomic E-state index is 12.5. The smallest absolute Gasteiger partial charge is 0.193 e. The lowest BCUT2D eigenvalue weighted by molar-refractivity contribution is -0.408. The zero-order valence-electron chi connectivity index (χ0n) is 17.6. The summed E-state index contributed by atoms with van der Waals surface area (Å²) in [5.41, 5.74) is 1.44. The Morgan fingerprint density at radius 1 is 0.741 bits per heavy atom. The highest BCUT2D eigenvalue weighted by Gasteiger charge is 2.31. The zero-order valence-corrected chi connectivity index (χ0v) is 17.6. The van der Waals surface area contributed by atoms with E-state index in [1.165, 1.54) is 0 Å². The summed E-state index contributed by atoms with van der Waals surface area (Å²) in [5.74, 6) is 0.0171. The van der Waals surface area contributed by atoms with E-state index in [0.29, 0.717) is 11.1 Å². The monoisotopic (exact) mass is 368 g/mol. The largest absolute Gasteiger partial charge is 0.289 e. The van der Waals surface area contributed by atoms with Gasteiger partial charge >= 0.3 is 0 Å². The van der Waals surface area contributed by atoms with E-state index in [1.807, 2.05) is 82.3 Å². The van der Waals surface area contributed by atoms with Gasteiger partial charge in [0.05, 0.1) is 5.60 Å². The van der Waals surface area contributed by atoms with Crippen molar-refractivity contribution in [1.29, 1.82) is 0 Å². The molecule has 0 heterocycles. The van der Waals surface area contributed by atoms with Crippen molar-refractivity contribution in [3.63, 3.8) is 0 Å². The van der Waals surface area contributed by atoms with Gasteiger partial charge in [-0.25, -0.2) is 9.78 Å². The molecular formula is C24H32O3. The molecule has 2 rings (SSSR count). The van der Waals surface area contributed by atoms with E-state index in [1.54, 1.807) is 0 Å². The van der Waals surface area contributed by atoms with E-state index in [9.17, 15) is 4.79 Å². The van der Waals surface area contributed by atoms with Crippen LogP contribution in [0.4, 0.5) is 0 Å². The van der Waals surface area contributed by atoms with E-state index >= 15 is 0 Å². The molecule has 0 saturated carbocycles. The zero-order chi connectivity index (χ0) is 20.3. The molecule has 0 aromatic heterocycles. The van der Waals surface area contributed by atoms with Gasteiger partial charge in [-0.05, 0) is 45.1 Å². The predicted molar refractivity (Wildman–Crippen MR) is 110 cm³/mol. The third-order valence-electron chi connectivity index (χ3n) is 4.31. The van der Waals surface area contributed by atoms with Crippen molar-refractivity contribution in [3.8, 4) is 0 Å². The molecule has 0 fully saturated rings. The molecule has 0 N–H and O–H groups in total. The van der Waals surface area contributed by atoms with Crippen LogP contribution in [-0.2, 0) is 15.4 Å². The second kappa shape index (κ2) is 7.95. The molecule has 27 heavy (non-hydrogen) atoms. The molecule has 2 aromatic rings. The minimum absolute atomic E-state index is 0.0171. The van der Waals surface area contributed by atoms with Gasteiger partial charge in [0.2, 0.25) is 0 Å². The first kappa shape index (κ1) is 21.3. The van der Waals surface area contributed by atoms with Gasteiger partial charge in [0.15, 0.2) is 5.78 Å². The molecule has 0 bridgehead atoms. The van der Waals surface area contributed by atoms with Gasteiger partial charge in [-0.1, -0.05) is 75.4 Å². The van der Waals surface area contributed by atoms with Crippen LogP contribution in [0.1, 0.15) is 76.4 Å². The molecule has 3 heteroatoms. The number of ketones is 1. The Balaban J connectivity index is 2.07. The summed E-state index contributed by atoms with van der Waals surface area (Å²) in [7, 11) is 0. The van der Waals surface area contributed by atoms with Crippen molar-refractivity contribution >= 4 is 5.78 Å². The van der Waals surface area contributed by atoms with E-state index in [4.69, 9.17) is 9.78 Å². The highest BCUT2D eigenvalue weighted by Crippen LogP contribution is 2.33. The number of carbonyl (C=O) groups is 1. The summed E-state index contributed by atoms with van der Waals surface area (Å²) >= 11 is 0. The van der Waals surface area contributed by atoms with Crippen LogP contribution in [0.3, 0.4) is 0 Å². The topological polar surface area (TPSA) is 35.5 Å². The van der Waals surface area contributed by atoms with Crippen LogP contribution in [0, 0.1) is 5.41 Å². The van der Waals surface area contributed by atoms with Crippen molar-refractivity contribution in [2.45, 2.75) is 66.1 Å². The Labute approximate surface area is 163 Å². The second-order valence-electron chi connectivity index (χ2n) is 9.45. The fourth-order valence-corrected chi connectivity index (χ4v) is 3.35. The summed E-state index contributed by atoms with van der Waals surface area (Å²) < 4.78 is 0. The molecule has 146 valence electrons. The summed E-state index contributed by atoms with van der Waals surface area (Å²) in [4.78, 5) is 24.2. The first-order valence-electron chi connectivity index (χ1n) is 9.47. The molecule has 3 nitrogen and oxygen atoms in total. The van der Waals surface area contributed by atoms with Gasteiger partial charge in [0.1, 0.15) is 5.60 Å². The lowest BCUT2D eigenvalue weighted by Crippen LogP contribution is -2.34. The molecule has 0 amide bonds. The second-order valence-corrected chi connectivity index (χ2v) is 9.45. The van der Waals surface area contributed by atoms with Crippen molar-refractivity contribution in [2.24, 2.45) is 5.41 Å². The lowest BCUT2D eigenvalue weighted by atomic mass is 9.84. The Morgan fingerprint density at radius 2 is 1.26 bits per heavy atom. The summed E-state index contributed by atoms with van der Waals surface area (Å²) in [5, 5.41) is 0. The van der Waals surface area contributed by atoms with Gasteiger partial charge in [-0.15, -0.1) is 0 Å². The van der Waals surface area contributed by atoms with Crippen LogP contribution in [-0.4, -0.2) is 11.4 Å². The molecule has 2 aromatic carbocycles. The predicted octanol–water partition coefficient (Wildman–Crippen LogP) is 6.32. The molecule has 0 unspecified atom stereocenters. The van der Waals surface area contributed by atoms with E-state index in [2.05, 4.69) is 20.8 Å². The first-order valence-corrected chi connectivity index (χ1v) is 9.47. The lowest BCUT2D eigenvalue weighted by Gasteiger charge is -2.34. The Kier molecular flexibility index (Phi) is 6.28. The summed E-state index contributed by atoms with van der Waals surface area (Å²) in [6.45, 7) is 14.6. The van der Waals surface area contributed by atoms with Gasteiger partial charge in [0.25, 0.3) is 0 Å². The minimum Gasteiger partial charge on any atom is -0.289 e. The average Bonchev–Trinajstić information content (AvgIpc) is 2.58. The first-order chi connectivity index (χ1) is 12.4. The number of carbonyl (C=O) groups excluding carboxylic acids is 1. The van der Waals surface area contributed by atoms with Crippen molar-refractivity contribution in [3.05, 3.63) is 71.3 Å². The third kappa shape index (κ3) is 6.30. The Hall–Kier alpha value is -1.97. The highest BCUT2D eigenvalue weighted by molar-refractivity contribution is 6.08. The fraction of sp³-hybridized carbons (Fsp3) is 0.458. The van der Waals surface area contributed by atoms with Gasteiger partial charge in [0, 0.05) is 11.1 Å². The standard InChI is InChI=1S/C24H32O3/c1-22(2,3)17-23(4,5)26-27-24(6,7)20-15-13-19(14-16-20)21(25)18-11-9-8-10-12-18/h8-16H,17H2,1-7H3. The minimum atomic E-state index is -0.622. The number of benzene rings is 2. The van der Waals surface area contributed by atoms with Crippen LogP contribution in [0.25, 0.3) is 0 Å². The normalized spacial score (nSPS) is 12.9. The molecule has 0 aliphatic rings. The van der Waals surface area contributed by atoms with Crippen molar-refractivity contribution < 1.29 is 14.6 Å². The van der Waals surface area contributed by atoms with Crippen LogP contribution >= 0.6 is 0 Å². The molecule has 0 atom stereocenters. The van der Waals surface area contributed by atoms with Crippen LogP contribution in [0.5, 0.6) is 0 Å². The van der Waals surface area contributed by atoms with Crippen molar-refractivity contribution in [1.82, 2.24) is 0 Å². The van der Waals surface area contributed by atoms with Crippen LogP contribution in [0.2, 0.25) is 0 Å². The highest BCUT2D eigenvalue weighted by atomic mass is 17.2. The van der Waals surface area contributed by atoms with Gasteiger partial charge < -0.3 is 0 Å². The van der Waals surface area contributed by atoms with Crippen LogP contribution in [0.15, 0.2) is 54.6 Å². The number of rotatable bonds is 7. The maximum atomic E-state index is 12.5. The average molecular weight is 369 g/mol. The van der Waals surface area contributed by atoms with Gasteiger partial charge in [-0.3, -0.25) is 4.79 Å². The molecule has 0 spiro atoms. The summed E-state index contributed by atoms with van der Waals surface area (Å²) in [6.07, 6.45) is 0.876. The molecule has 0 aliphatic carbocycles. The quantitative estimate of drug-likeness (QED) is 0.326. The van der Waals surface area contributed by atoms with Crippen LogP contribution < -0.4 is 0 Å². The van der Waals surface area contributed by atoms with E-state index in [-0.39, 0.29) is 11.2 Å². The van der Waals surface area contributed by atoms with E-state index in [0.717, 1.165) is 12.0 Å². The van der Waals surface area contributed by atoms with E-state index < -0.39 is 11.2 Å². The van der Waals surface area contributed by atoms with Crippen molar-refractivity contribution in [2.75, 3.05) is 0 Å². The number of hydrogen-bond acceptors (Lipinski definition) is 3. The molecule has 0 saturated heterocycles. The Bertz CT molecular complexity index is 750. The maximum Gasteiger partial charge on any atom is 0.193 e. The number of hydrogen-bond donors (Lipinski definition) is 0. The van der Waals surface area contributed by atoms with Gasteiger partial charge in [-0.2, -0.15) is 0 Å². The fourth-order valence-electron chi connectivity index (χ4n) is 3.35. The third-order valence-corrected chi connectivity index (χ3v) is 4.31. The molecular weight excluding hydrogens is 336 g/mol. The molecule has 0 radical (unpaired) electrons. The SMILES string of the molecule is CC(C)(C)CC(C)(C)OOC(C)(C)c1ccc(C(=O)c2ccccc2)cc1. The summed E-state index contributed by atoms with van der Waals surface area (Å²) in [6, 6.07) is 16.8.